The summed E-state index contributed by atoms with van der Waals surface area (Å²) >= 11 is 3.43. The average molecular weight is 323 g/mol. The zero-order chi connectivity index (χ0) is 13.3. The molecule has 19 heavy (non-hydrogen) atoms. The van der Waals surface area contributed by atoms with Crippen LogP contribution in [0, 0.1) is 11.3 Å². The Bertz CT molecular complexity index is 481. The normalized spacial score (nSPS) is 20.1. The van der Waals surface area contributed by atoms with Gasteiger partial charge in [-0.05, 0) is 65.1 Å². The fourth-order valence-electron chi connectivity index (χ4n) is 2.77. The minimum Gasteiger partial charge on any atom is -0.324 e. The monoisotopic (exact) mass is 322 g/mol. The van der Waals surface area contributed by atoms with Gasteiger partial charge in [0.25, 0.3) is 0 Å². The number of halogens is 1. The second-order valence-electron chi connectivity index (χ2n) is 5.77. The fourth-order valence-corrected chi connectivity index (χ4v) is 3.15. The first kappa shape index (κ1) is 13.1. The molecule has 2 saturated carbocycles. The van der Waals surface area contributed by atoms with Gasteiger partial charge in [0.05, 0.1) is 12.2 Å². The molecule has 0 radical (unpaired) electrons. The van der Waals surface area contributed by atoms with Crippen LogP contribution in [0.5, 0.6) is 0 Å². The van der Waals surface area contributed by atoms with Crippen LogP contribution in [0.3, 0.4) is 0 Å². The van der Waals surface area contributed by atoms with Crippen molar-refractivity contribution in [1.29, 1.82) is 0 Å². The number of anilines is 1. The molecule has 0 unspecified atom stereocenters. The summed E-state index contributed by atoms with van der Waals surface area (Å²) in [6.45, 7) is 1.40. The minimum absolute atomic E-state index is 0.0264. The van der Waals surface area contributed by atoms with Crippen LogP contribution in [0.15, 0.2) is 28.7 Å². The Balaban J connectivity index is 1.43. The maximum Gasteiger partial charge on any atom is 0.238 e. The quantitative estimate of drug-likeness (QED) is 0.844. The van der Waals surface area contributed by atoms with Gasteiger partial charge in [-0.15, -0.1) is 0 Å². The van der Waals surface area contributed by atoms with Crippen molar-refractivity contribution in [1.82, 2.24) is 5.32 Å². The third-order valence-electron chi connectivity index (χ3n) is 4.25. The Morgan fingerprint density at radius 3 is 2.68 bits per heavy atom. The Hall–Kier alpha value is -0.870. The van der Waals surface area contributed by atoms with Crippen molar-refractivity contribution in [3.8, 4) is 0 Å². The van der Waals surface area contributed by atoms with E-state index in [-0.39, 0.29) is 5.91 Å². The Morgan fingerprint density at radius 2 is 2.05 bits per heavy atom. The molecule has 0 aliphatic heterocycles. The first-order valence-corrected chi connectivity index (χ1v) is 7.74. The maximum absolute atomic E-state index is 11.9. The van der Waals surface area contributed by atoms with Gasteiger partial charge in [-0.25, -0.2) is 0 Å². The van der Waals surface area contributed by atoms with E-state index in [1.165, 1.54) is 25.7 Å². The lowest BCUT2D eigenvalue weighted by Crippen LogP contribution is -2.33. The van der Waals surface area contributed by atoms with Crippen LogP contribution in [0.4, 0.5) is 5.69 Å². The summed E-state index contributed by atoms with van der Waals surface area (Å²) in [4.78, 5) is 11.9. The van der Waals surface area contributed by atoms with Crippen LogP contribution in [-0.2, 0) is 4.79 Å². The van der Waals surface area contributed by atoms with E-state index in [0.717, 1.165) is 22.6 Å². The molecule has 1 amide bonds. The predicted molar refractivity (Wildman–Crippen MR) is 80.0 cm³/mol. The third kappa shape index (κ3) is 3.18. The van der Waals surface area contributed by atoms with E-state index < -0.39 is 0 Å². The topological polar surface area (TPSA) is 41.1 Å². The van der Waals surface area contributed by atoms with Crippen molar-refractivity contribution in [3.63, 3.8) is 0 Å². The predicted octanol–water partition coefficient (Wildman–Crippen LogP) is 3.17. The van der Waals surface area contributed by atoms with Crippen LogP contribution in [0.1, 0.15) is 25.7 Å². The van der Waals surface area contributed by atoms with Crippen molar-refractivity contribution in [2.45, 2.75) is 25.7 Å². The van der Waals surface area contributed by atoms with Gasteiger partial charge in [-0.3, -0.25) is 4.79 Å². The lowest BCUT2D eigenvalue weighted by molar-refractivity contribution is -0.115. The second kappa shape index (κ2) is 5.25. The summed E-state index contributed by atoms with van der Waals surface area (Å²) in [5.74, 6) is 0.963. The highest BCUT2D eigenvalue weighted by Crippen LogP contribution is 2.60. The largest absolute Gasteiger partial charge is 0.324 e. The Morgan fingerprint density at radius 1 is 1.32 bits per heavy atom. The molecule has 0 spiro atoms. The molecule has 2 aliphatic rings. The molecule has 0 aromatic heterocycles. The van der Waals surface area contributed by atoms with Crippen molar-refractivity contribution in [2.75, 3.05) is 18.4 Å². The lowest BCUT2D eigenvalue weighted by atomic mass is 10.0. The number of hydrogen-bond donors (Lipinski definition) is 2. The van der Waals surface area contributed by atoms with E-state index in [0.29, 0.717) is 12.0 Å². The van der Waals surface area contributed by atoms with Crippen molar-refractivity contribution in [2.24, 2.45) is 11.3 Å². The van der Waals surface area contributed by atoms with Gasteiger partial charge in [0.15, 0.2) is 0 Å². The van der Waals surface area contributed by atoms with Gasteiger partial charge in [-0.1, -0.05) is 12.1 Å². The van der Waals surface area contributed by atoms with E-state index in [2.05, 4.69) is 26.6 Å². The number of para-hydroxylation sites is 1. The van der Waals surface area contributed by atoms with E-state index in [1.54, 1.807) is 0 Å². The molecule has 4 heteroatoms. The zero-order valence-corrected chi connectivity index (χ0v) is 12.5. The summed E-state index contributed by atoms with van der Waals surface area (Å²) in [5, 5.41) is 6.24. The minimum atomic E-state index is 0.0264. The molecular formula is C15H19BrN2O. The summed E-state index contributed by atoms with van der Waals surface area (Å²) in [6.07, 6.45) is 5.47. The zero-order valence-electron chi connectivity index (χ0n) is 10.9. The molecule has 3 nitrogen and oxygen atoms in total. The first-order chi connectivity index (χ1) is 9.20. The molecule has 102 valence electrons. The highest BCUT2D eigenvalue weighted by molar-refractivity contribution is 9.10. The number of rotatable bonds is 6. The highest BCUT2D eigenvalue weighted by Gasteiger charge is 2.53. The first-order valence-electron chi connectivity index (χ1n) is 6.95. The fraction of sp³-hybridized carbons (Fsp3) is 0.533. The summed E-state index contributed by atoms with van der Waals surface area (Å²) in [6, 6.07) is 7.68. The van der Waals surface area contributed by atoms with Crippen LogP contribution >= 0.6 is 15.9 Å². The number of carbonyl (C=O) groups is 1. The number of hydrogen-bond acceptors (Lipinski definition) is 2. The molecule has 2 fully saturated rings. The van der Waals surface area contributed by atoms with Crippen molar-refractivity contribution < 1.29 is 4.79 Å². The van der Waals surface area contributed by atoms with Crippen molar-refractivity contribution in [3.05, 3.63) is 28.7 Å². The van der Waals surface area contributed by atoms with Gasteiger partial charge in [0.1, 0.15) is 0 Å². The molecule has 2 N–H and O–H groups in total. The van der Waals surface area contributed by atoms with Crippen LogP contribution in [0.2, 0.25) is 0 Å². The molecular weight excluding hydrogens is 304 g/mol. The Labute approximate surface area is 122 Å². The van der Waals surface area contributed by atoms with Gasteiger partial charge < -0.3 is 10.6 Å². The van der Waals surface area contributed by atoms with E-state index in [1.807, 2.05) is 24.3 Å². The molecule has 0 atom stereocenters. The van der Waals surface area contributed by atoms with Crippen molar-refractivity contribution >= 4 is 27.5 Å². The molecule has 1 aromatic rings. The van der Waals surface area contributed by atoms with Gasteiger partial charge in [-0.2, -0.15) is 0 Å². The highest BCUT2D eigenvalue weighted by atomic mass is 79.9. The summed E-state index contributed by atoms with van der Waals surface area (Å²) in [7, 11) is 0. The maximum atomic E-state index is 11.9. The summed E-state index contributed by atoms with van der Waals surface area (Å²) < 4.78 is 0.917. The average Bonchev–Trinajstić information content (AvgIpc) is 3.25. The van der Waals surface area contributed by atoms with Crippen LogP contribution in [0.25, 0.3) is 0 Å². The third-order valence-corrected chi connectivity index (χ3v) is 4.94. The van der Waals surface area contributed by atoms with E-state index >= 15 is 0 Å². The van der Waals surface area contributed by atoms with Gasteiger partial charge in [0, 0.05) is 11.0 Å². The molecule has 3 rings (SSSR count). The van der Waals surface area contributed by atoms with Crippen LogP contribution in [-0.4, -0.2) is 19.0 Å². The smallest absolute Gasteiger partial charge is 0.238 e. The lowest BCUT2D eigenvalue weighted by Gasteiger charge is -2.15. The number of carbonyl (C=O) groups excluding carboxylic acids is 1. The molecule has 0 bridgehead atoms. The number of amides is 1. The number of nitrogens with one attached hydrogen (secondary N) is 2. The molecule has 2 aliphatic carbocycles. The standard InChI is InChI=1S/C15H19BrN2O/c16-12-3-1-2-4-13(12)18-14(19)9-17-10-15(7-8-15)11-5-6-11/h1-4,11,17H,5-10H2,(H,18,19). The van der Waals surface area contributed by atoms with Gasteiger partial charge in [0.2, 0.25) is 5.91 Å². The van der Waals surface area contributed by atoms with E-state index in [4.69, 9.17) is 0 Å². The molecule has 0 heterocycles. The van der Waals surface area contributed by atoms with Gasteiger partial charge >= 0.3 is 0 Å². The second-order valence-corrected chi connectivity index (χ2v) is 6.62. The summed E-state index contributed by atoms with van der Waals surface area (Å²) in [5.41, 5.74) is 1.38. The molecule has 0 saturated heterocycles. The Kier molecular flexibility index (Phi) is 3.63. The van der Waals surface area contributed by atoms with E-state index in [9.17, 15) is 4.79 Å². The number of benzene rings is 1. The molecule has 1 aromatic carbocycles. The van der Waals surface area contributed by atoms with Crippen LogP contribution < -0.4 is 10.6 Å². The SMILES string of the molecule is O=C(CNCC1(C2CC2)CC1)Nc1ccccc1Br.